The number of likely N-dealkylation sites (tertiary alicyclic amines) is 3. The maximum Gasteiger partial charge on any atom is 0.318 e. The standard InChI is InChI=1S/C38H43N7O8S/c1-4-53-35-30(6-5-13-40-35)38(41-37(47)42-14-11-25(12-15-42)43-20-27-17-26(43)21-44(27)28-22-52-23-28)31-16-24(19-39)7-9-32(31)45(36(38)46)54(48,49)34-10-8-29(50-2)18-33(34)51-3/h5-10,13,16,18,25-28H,4,11-12,14-15,17,20-23H2,1-3H3,(H,41,47)/t26-,27-,38+/m0/s1. The van der Waals surface area contributed by atoms with E-state index in [-0.39, 0.29) is 45.5 Å². The Morgan fingerprint density at radius 3 is 2.37 bits per heavy atom. The zero-order valence-corrected chi connectivity index (χ0v) is 31.3. The fourth-order valence-electron chi connectivity index (χ4n) is 8.84. The Bertz CT molecular complexity index is 2120. The number of nitriles is 1. The maximum atomic E-state index is 15.3. The van der Waals surface area contributed by atoms with E-state index in [0.717, 1.165) is 45.6 Å². The summed E-state index contributed by atoms with van der Waals surface area (Å²) in [5.74, 6) is -0.650. The lowest BCUT2D eigenvalue weighted by Gasteiger charge is -2.46. The van der Waals surface area contributed by atoms with Gasteiger partial charge in [-0.15, -0.1) is 0 Å². The minimum Gasteiger partial charge on any atom is -0.497 e. The summed E-state index contributed by atoms with van der Waals surface area (Å²) in [5, 5.41) is 13.0. The van der Waals surface area contributed by atoms with Crippen LogP contribution in [0.5, 0.6) is 17.4 Å². The number of aromatic nitrogens is 1. The molecule has 0 spiro atoms. The van der Waals surface area contributed by atoms with Gasteiger partial charge in [0.15, 0.2) is 5.54 Å². The summed E-state index contributed by atoms with van der Waals surface area (Å²) in [7, 11) is -1.95. The molecule has 54 heavy (non-hydrogen) atoms. The highest BCUT2D eigenvalue weighted by Crippen LogP contribution is 2.50. The minimum absolute atomic E-state index is 0.0335. The van der Waals surface area contributed by atoms with Gasteiger partial charge in [-0.3, -0.25) is 14.6 Å². The molecule has 2 aromatic carbocycles. The number of fused-ring (bicyclic) bond motifs is 3. The largest absolute Gasteiger partial charge is 0.497 e. The van der Waals surface area contributed by atoms with Crippen molar-refractivity contribution in [1.29, 1.82) is 5.26 Å². The lowest BCUT2D eigenvalue weighted by Crippen LogP contribution is -2.61. The number of anilines is 1. The molecule has 0 saturated carbocycles. The SMILES string of the molecule is CCOc1ncccc1[C@]1(NC(=O)N2CCC(N3C[C@@H]4C[C@H]3CN4C3COC3)CC2)C(=O)N(S(=O)(=O)c2ccc(OC)cc2OC)c2ccc(C#N)cc21. The van der Waals surface area contributed by atoms with Crippen LogP contribution in [-0.2, 0) is 25.1 Å². The Hall–Kier alpha value is -4.95. The van der Waals surface area contributed by atoms with Gasteiger partial charge in [0.2, 0.25) is 5.88 Å². The number of piperidine rings is 1. The molecule has 2 bridgehead atoms. The van der Waals surface area contributed by atoms with E-state index in [2.05, 4.69) is 26.2 Å². The van der Waals surface area contributed by atoms with E-state index in [1.807, 2.05) is 0 Å². The summed E-state index contributed by atoms with van der Waals surface area (Å²) >= 11 is 0. The topological polar surface area (TPSA) is 167 Å². The third-order valence-electron chi connectivity index (χ3n) is 11.5. The van der Waals surface area contributed by atoms with Crippen molar-refractivity contribution in [2.75, 3.05) is 64.5 Å². The molecule has 3 amide bonds. The normalized spacial score (nSPS) is 24.6. The highest BCUT2D eigenvalue weighted by Gasteiger charge is 2.59. The number of benzene rings is 2. The average molecular weight is 758 g/mol. The lowest BCUT2D eigenvalue weighted by atomic mass is 9.83. The minimum atomic E-state index is -4.70. The Morgan fingerprint density at radius 1 is 1.00 bits per heavy atom. The number of urea groups is 1. The summed E-state index contributed by atoms with van der Waals surface area (Å²) in [5.41, 5.74) is -1.80. The molecule has 8 rings (SSSR count). The second-order valence-electron chi connectivity index (χ2n) is 14.3. The highest BCUT2D eigenvalue weighted by molar-refractivity contribution is 7.93. The number of methoxy groups -OCH3 is 2. The quantitative estimate of drug-likeness (QED) is 0.322. The summed E-state index contributed by atoms with van der Waals surface area (Å²) in [6, 6.07) is 15.0. The molecule has 3 atom stereocenters. The Labute approximate surface area is 314 Å². The second kappa shape index (κ2) is 14.0. The first kappa shape index (κ1) is 36.0. The van der Waals surface area contributed by atoms with E-state index in [4.69, 9.17) is 18.9 Å². The van der Waals surface area contributed by atoms with Crippen molar-refractivity contribution < 1.29 is 37.0 Å². The molecule has 5 aliphatic rings. The van der Waals surface area contributed by atoms with E-state index in [1.165, 1.54) is 56.8 Å². The van der Waals surface area contributed by atoms with Crippen LogP contribution in [0.1, 0.15) is 42.9 Å². The van der Waals surface area contributed by atoms with Crippen LogP contribution in [0.15, 0.2) is 59.6 Å². The molecule has 284 valence electrons. The maximum absolute atomic E-state index is 15.3. The van der Waals surface area contributed by atoms with Gasteiger partial charge in [0.1, 0.15) is 16.4 Å². The predicted molar refractivity (Wildman–Crippen MR) is 195 cm³/mol. The van der Waals surface area contributed by atoms with Crippen molar-refractivity contribution in [3.8, 4) is 23.4 Å². The van der Waals surface area contributed by atoms with Crippen molar-refractivity contribution in [2.45, 2.75) is 60.8 Å². The summed E-state index contributed by atoms with van der Waals surface area (Å²) in [6.45, 7) is 6.50. The third-order valence-corrected chi connectivity index (χ3v) is 13.3. The number of hydrogen-bond acceptors (Lipinski definition) is 12. The van der Waals surface area contributed by atoms with Crippen molar-refractivity contribution in [2.24, 2.45) is 0 Å². The van der Waals surface area contributed by atoms with Crippen molar-refractivity contribution in [3.05, 3.63) is 71.4 Å². The van der Waals surface area contributed by atoms with Gasteiger partial charge in [-0.05, 0) is 68.7 Å². The number of nitrogens with zero attached hydrogens (tertiary/aromatic N) is 6. The van der Waals surface area contributed by atoms with Gasteiger partial charge in [0, 0.05) is 62.1 Å². The van der Waals surface area contributed by atoms with E-state index < -0.39 is 27.5 Å². The predicted octanol–water partition coefficient (Wildman–Crippen LogP) is 2.68. The average Bonchev–Trinajstić information content (AvgIpc) is 3.84. The molecule has 0 radical (unpaired) electrons. The van der Waals surface area contributed by atoms with Crippen LogP contribution < -0.4 is 23.8 Å². The zero-order valence-electron chi connectivity index (χ0n) is 30.4. The van der Waals surface area contributed by atoms with E-state index in [0.29, 0.717) is 47.3 Å². The number of sulfonamides is 1. The molecule has 0 unspecified atom stereocenters. The van der Waals surface area contributed by atoms with Gasteiger partial charge in [-0.1, -0.05) is 0 Å². The first-order valence-corrected chi connectivity index (χ1v) is 19.7. The monoisotopic (exact) mass is 757 g/mol. The number of piperazine rings is 1. The molecule has 3 aromatic rings. The molecular weight excluding hydrogens is 715 g/mol. The molecule has 4 saturated heterocycles. The van der Waals surface area contributed by atoms with Crippen LogP contribution in [-0.4, -0.2) is 124 Å². The molecule has 1 N–H and O–H groups in total. The first-order valence-electron chi connectivity index (χ1n) is 18.3. The molecule has 5 aliphatic heterocycles. The summed E-state index contributed by atoms with van der Waals surface area (Å²) in [4.78, 5) is 40.8. The second-order valence-corrected chi connectivity index (χ2v) is 16.0. The fraction of sp³-hybridized carbons (Fsp3) is 0.474. The van der Waals surface area contributed by atoms with E-state index in [9.17, 15) is 18.5 Å². The summed E-state index contributed by atoms with van der Waals surface area (Å²) in [6.07, 6.45) is 4.16. The van der Waals surface area contributed by atoms with Gasteiger partial charge in [0.05, 0.1) is 63.0 Å². The van der Waals surface area contributed by atoms with Gasteiger partial charge in [0.25, 0.3) is 15.9 Å². The number of pyridine rings is 1. The number of rotatable bonds is 10. The number of carbonyl (C=O) groups excluding carboxylic acids is 2. The number of hydrogen-bond donors (Lipinski definition) is 1. The van der Waals surface area contributed by atoms with Gasteiger partial charge >= 0.3 is 6.03 Å². The van der Waals surface area contributed by atoms with Gasteiger partial charge < -0.3 is 29.2 Å². The molecule has 16 heteroatoms. The van der Waals surface area contributed by atoms with Crippen LogP contribution >= 0.6 is 0 Å². The number of carbonyl (C=O) groups is 2. The van der Waals surface area contributed by atoms with Crippen LogP contribution in [0.2, 0.25) is 0 Å². The van der Waals surface area contributed by atoms with Crippen molar-refractivity contribution in [3.63, 3.8) is 0 Å². The van der Waals surface area contributed by atoms with E-state index in [1.54, 1.807) is 24.0 Å². The third kappa shape index (κ3) is 5.72. The fourth-order valence-corrected chi connectivity index (χ4v) is 10.4. The smallest absolute Gasteiger partial charge is 0.318 e. The molecular formula is C38H43N7O8S. The van der Waals surface area contributed by atoms with Crippen molar-refractivity contribution >= 4 is 27.6 Å². The van der Waals surface area contributed by atoms with Gasteiger partial charge in [-0.2, -0.15) is 9.57 Å². The van der Waals surface area contributed by atoms with Crippen LogP contribution in [0.25, 0.3) is 0 Å². The Kier molecular flexibility index (Phi) is 9.37. The summed E-state index contributed by atoms with van der Waals surface area (Å²) < 4.78 is 52.1. The highest BCUT2D eigenvalue weighted by atomic mass is 32.2. The van der Waals surface area contributed by atoms with Crippen LogP contribution in [0.4, 0.5) is 10.5 Å². The van der Waals surface area contributed by atoms with Crippen molar-refractivity contribution in [1.82, 2.24) is 25.0 Å². The Balaban J connectivity index is 1.14. The number of amides is 3. The number of ether oxygens (including phenoxy) is 4. The van der Waals surface area contributed by atoms with Crippen LogP contribution in [0.3, 0.4) is 0 Å². The molecule has 4 fully saturated rings. The lowest BCUT2D eigenvalue weighted by molar-refractivity contribution is -0.121. The first-order chi connectivity index (χ1) is 26.1. The zero-order chi connectivity index (χ0) is 37.8. The molecule has 15 nitrogen and oxygen atoms in total. The molecule has 1 aromatic heterocycles. The molecule has 0 aliphatic carbocycles. The van der Waals surface area contributed by atoms with E-state index >= 15 is 4.79 Å². The van der Waals surface area contributed by atoms with Crippen LogP contribution in [0, 0.1) is 11.3 Å². The Morgan fingerprint density at radius 2 is 1.74 bits per heavy atom. The van der Waals surface area contributed by atoms with Gasteiger partial charge in [-0.25, -0.2) is 18.2 Å². The number of nitrogens with one attached hydrogen (secondary N) is 1. The molecule has 6 heterocycles.